The molecule has 0 spiro atoms. The van der Waals surface area contributed by atoms with Crippen molar-refractivity contribution in [1.82, 2.24) is 9.97 Å². The predicted molar refractivity (Wildman–Crippen MR) is 231 cm³/mol. The fourth-order valence-electron chi connectivity index (χ4n) is 10.4. The number of nitrogens with one attached hydrogen (secondary N) is 1. The number of carbonyl (C=O) groups excluding carboxylic acids is 1. The number of nitrogens with two attached hydrogens (primary N) is 1. The highest BCUT2D eigenvalue weighted by atomic mass is 16.6. The van der Waals surface area contributed by atoms with Gasteiger partial charge in [0.25, 0.3) is 0 Å². The molecular formula is C48H50N4O10. The van der Waals surface area contributed by atoms with Gasteiger partial charge in [-0.2, -0.15) is 0 Å². The molecule has 5 aromatic rings. The fourth-order valence-corrected chi connectivity index (χ4v) is 10.4. The average molecular weight is 843 g/mol. The van der Waals surface area contributed by atoms with Crippen LogP contribution in [0.15, 0.2) is 75.7 Å². The fraction of sp³-hybridized carbons (Fsp3) is 0.375. The van der Waals surface area contributed by atoms with E-state index in [0.29, 0.717) is 42.4 Å². The van der Waals surface area contributed by atoms with Gasteiger partial charge in [0, 0.05) is 70.9 Å². The van der Waals surface area contributed by atoms with Crippen LogP contribution in [0.3, 0.4) is 0 Å². The van der Waals surface area contributed by atoms with Gasteiger partial charge in [0.1, 0.15) is 63.9 Å². The molecule has 4 bridgehead atoms. The highest BCUT2D eigenvalue weighted by molar-refractivity contribution is 5.92. The second-order valence-corrected chi connectivity index (χ2v) is 17.2. The van der Waals surface area contributed by atoms with Gasteiger partial charge in [-0.25, -0.2) is 14.8 Å². The van der Waals surface area contributed by atoms with Crippen LogP contribution >= 0.6 is 0 Å². The molecule has 14 heteroatoms. The predicted octanol–water partition coefficient (Wildman–Crippen LogP) is 5.64. The number of aryl methyl sites for hydroxylation is 1. The Bertz CT molecular complexity index is 2750. The molecular weight excluding hydrogens is 793 g/mol. The van der Waals surface area contributed by atoms with Crippen LogP contribution in [0.2, 0.25) is 0 Å². The van der Waals surface area contributed by atoms with Crippen LogP contribution < -0.4 is 21.2 Å². The van der Waals surface area contributed by atoms with Crippen LogP contribution in [0.5, 0.6) is 17.2 Å². The summed E-state index contributed by atoms with van der Waals surface area (Å²) in [4.78, 5) is 37.5. The van der Waals surface area contributed by atoms with Crippen molar-refractivity contribution in [2.75, 3.05) is 24.3 Å². The molecule has 0 saturated carbocycles. The van der Waals surface area contributed by atoms with Crippen molar-refractivity contribution in [2.24, 2.45) is 5.92 Å². The monoisotopic (exact) mass is 842 g/mol. The Morgan fingerprint density at radius 1 is 1.10 bits per heavy atom. The molecule has 3 aliphatic heterocycles. The molecule has 0 amide bonds. The van der Waals surface area contributed by atoms with Crippen LogP contribution in [0.4, 0.5) is 11.6 Å². The second-order valence-electron chi connectivity index (χ2n) is 17.2. The first-order valence-corrected chi connectivity index (χ1v) is 21.1. The third kappa shape index (κ3) is 6.77. The maximum atomic E-state index is 14.1. The van der Waals surface area contributed by atoms with Gasteiger partial charge in [-0.05, 0) is 98.9 Å². The van der Waals surface area contributed by atoms with Crippen molar-refractivity contribution in [3.05, 3.63) is 127 Å². The van der Waals surface area contributed by atoms with Crippen LogP contribution in [0.1, 0.15) is 102 Å². The van der Waals surface area contributed by atoms with Gasteiger partial charge in [-0.1, -0.05) is 24.3 Å². The number of aliphatic hydroxyl groups is 3. The van der Waals surface area contributed by atoms with Crippen LogP contribution in [0.25, 0.3) is 17.0 Å². The van der Waals surface area contributed by atoms with E-state index in [9.17, 15) is 35.1 Å². The normalized spacial score (nSPS) is 25.0. The lowest BCUT2D eigenvalue weighted by atomic mass is 9.67. The molecule has 0 saturated heterocycles. The number of aliphatic hydroxyl groups excluding tert-OH is 3. The molecule has 0 unspecified atom stereocenters. The number of phenols is 2. The van der Waals surface area contributed by atoms with E-state index < -0.39 is 66.4 Å². The summed E-state index contributed by atoms with van der Waals surface area (Å²) in [6.07, 6.45) is 9.72. The molecule has 14 nitrogen and oxygen atoms in total. The molecule has 2 aromatic carbocycles. The van der Waals surface area contributed by atoms with Gasteiger partial charge in [-0.15, -0.1) is 0 Å². The highest BCUT2D eigenvalue weighted by Crippen LogP contribution is 2.58. The minimum Gasteiger partial charge on any atom is -0.508 e. The molecule has 6 heterocycles. The highest BCUT2D eigenvalue weighted by Gasteiger charge is 2.54. The zero-order valence-electron chi connectivity index (χ0n) is 34.7. The Hall–Kier alpha value is -6.22. The minimum atomic E-state index is -1.38. The van der Waals surface area contributed by atoms with Crippen molar-refractivity contribution in [3.63, 3.8) is 0 Å². The van der Waals surface area contributed by atoms with E-state index in [1.807, 2.05) is 38.3 Å². The number of hydrogen-bond donors (Lipinski definition) is 7. The Morgan fingerprint density at radius 3 is 2.68 bits per heavy atom. The second kappa shape index (κ2) is 15.9. The summed E-state index contributed by atoms with van der Waals surface area (Å²) < 4.78 is 20.2. The quantitative estimate of drug-likeness (QED) is 0.0777. The third-order valence-corrected chi connectivity index (χ3v) is 13.6. The number of benzene rings is 2. The Kier molecular flexibility index (Phi) is 10.6. The lowest BCUT2D eigenvalue weighted by molar-refractivity contribution is -0.165. The SMILES string of the molecule is C/C=C(/CO)C(=O)O[C@@H]1Cc2c3c(c4oc(CO)cc(=O)c4c2O)[C@@H]2c4ccnc(N)c4[C@@H](CCc4ccc(O)cc4[C@H]2CO)C[C@@H](Cc2cnc4c(c2)C=C[C@@H](C)N4)[C@]1(C)O3. The Morgan fingerprint density at radius 2 is 1.92 bits per heavy atom. The number of carbonyl (C=O) groups is 1. The van der Waals surface area contributed by atoms with Gasteiger partial charge in [0.05, 0.1) is 18.8 Å². The number of aromatic nitrogens is 2. The number of rotatable bonds is 7. The first-order valence-electron chi connectivity index (χ1n) is 21.1. The van der Waals surface area contributed by atoms with E-state index in [-0.39, 0.29) is 63.6 Å². The lowest BCUT2D eigenvalue weighted by Crippen LogP contribution is -2.57. The van der Waals surface area contributed by atoms with Gasteiger partial charge in [0.2, 0.25) is 0 Å². The number of esters is 1. The molecule has 0 fully saturated rings. The minimum absolute atomic E-state index is 0.00249. The number of nitrogen functional groups attached to an aromatic ring is 1. The molecule has 9 rings (SSSR count). The number of fused-ring (bicyclic) bond motifs is 6. The molecule has 7 atom stereocenters. The summed E-state index contributed by atoms with van der Waals surface area (Å²) >= 11 is 0. The molecule has 322 valence electrons. The summed E-state index contributed by atoms with van der Waals surface area (Å²) in [6, 6.07) is 10.3. The van der Waals surface area contributed by atoms with Crippen molar-refractivity contribution in [2.45, 2.75) is 95.0 Å². The molecule has 8 N–H and O–H groups in total. The number of pyridine rings is 2. The van der Waals surface area contributed by atoms with E-state index in [0.717, 1.165) is 34.1 Å². The summed E-state index contributed by atoms with van der Waals surface area (Å²) in [5.41, 5.74) is 10.2. The summed E-state index contributed by atoms with van der Waals surface area (Å²) in [5, 5.41) is 58.7. The van der Waals surface area contributed by atoms with Gasteiger partial charge in [0.15, 0.2) is 5.43 Å². The molecule has 0 radical (unpaired) electrons. The molecule has 3 aromatic heterocycles. The lowest BCUT2D eigenvalue weighted by Gasteiger charge is -2.49. The standard InChI is InChI=1S/C48H50N4O10/c1-4-25(20-53)47(59)61-37-18-34-42(58)40-36(57)17-31(21-54)60-44(40)41-39-32-11-12-50-45(49)38(32)27(8-7-26-9-10-30(56)16-33(26)35(39)22-55)15-29(48(37,3)62-43(34)41)14-24-13-28-6-5-23(2)52-46(28)51-19-24/h4-6,9-13,16-17,19,23,27,29,35,37,39,53-56,58H,7-8,14-15,18,20-22H2,1-3H3,(H2,49,50)(H,51,52)/b25-4-/t23-,27+,29-,35-,37-,39-,48+/m1/s1. The van der Waals surface area contributed by atoms with Crippen molar-refractivity contribution >= 4 is 34.7 Å². The topological polar surface area (TPSA) is 231 Å². The summed E-state index contributed by atoms with van der Waals surface area (Å²) in [5.74, 6) is -2.56. The first kappa shape index (κ1) is 41.1. The largest absolute Gasteiger partial charge is 0.508 e. The van der Waals surface area contributed by atoms with E-state index >= 15 is 0 Å². The van der Waals surface area contributed by atoms with Crippen LogP contribution in [-0.2, 0) is 35.4 Å². The number of nitrogens with zero attached hydrogens (tertiary/aromatic N) is 2. The van der Waals surface area contributed by atoms with E-state index in [2.05, 4.69) is 22.4 Å². The van der Waals surface area contributed by atoms with E-state index in [4.69, 9.17) is 24.6 Å². The molecule has 1 aliphatic carbocycles. The van der Waals surface area contributed by atoms with Gasteiger partial charge >= 0.3 is 5.97 Å². The van der Waals surface area contributed by atoms with Crippen LogP contribution in [0, 0.1) is 5.92 Å². The van der Waals surface area contributed by atoms with Crippen molar-refractivity contribution < 1.29 is 44.2 Å². The maximum Gasteiger partial charge on any atom is 0.336 e. The number of hydrogen-bond acceptors (Lipinski definition) is 14. The smallest absolute Gasteiger partial charge is 0.336 e. The Balaban J connectivity index is 1.39. The average Bonchev–Trinajstić information content (AvgIpc) is 3.30. The number of ether oxygens (including phenoxy) is 2. The summed E-state index contributed by atoms with van der Waals surface area (Å²) in [7, 11) is 0. The van der Waals surface area contributed by atoms with Gasteiger partial charge < -0.3 is 50.5 Å². The number of aromatic hydroxyl groups is 2. The third-order valence-electron chi connectivity index (χ3n) is 13.6. The maximum absolute atomic E-state index is 14.1. The number of allylic oxidation sites excluding steroid dienone is 1. The zero-order chi connectivity index (χ0) is 43.6. The van der Waals surface area contributed by atoms with Crippen LogP contribution in [-0.4, -0.2) is 72.4 Å². The number of phenolic OH excluding ortho intramolecular Hbond substituents is 2. The number of anilines is 2. The molecule has 62 heavy (non-hydrogen) atoms. The Labute approximate surface area is 357 Å². The van der Waals surface area contributed by atoms with Gasteiger partial charge in [-0.3, -0.25) is 4.79 Å². The zero-order valence-corrected chi connectivity index (χ0v) is 34.7. The van der Waals surface area contributed by atoms with E-state index in [1.54, 1.807) is 25.3 Å². The van der Waals surface area contributed by atoms with Crippen molar-refractivity contribution in [1.29, 1.82) is 0 Å². The molecule has 4 aliphatic rings. The van der Waals surface area contributed by atoms with Crippen molar-refractivity contribution in [3.8, 4) is 17.2 Å². The first-order chi connectivity index (χ1) is 29.9. The van der Waals surface area contributed by atoms with E-state index in [1.165, 1.54) is 6.08 Å². The summed E-state index contributed by atoms with van der Waals surface area (Å²) in [6.45, 7) is 3.92.